The van der Waals surface area contributed by atoms with Gasteiger partial charge in [-0.15, -0.1) is 0 Å². The van der Waals surface area contributed by atoms with Gasteiger partial charge in [0.25, 0.3) is 5.91 Å². The molecule has 11 heteroatoms. The predicted molar refractivity (Wildman–Crippen MR) is 123 cm³/mol. The van der Waals surface area contributed by atoms with Crippen molar-refractivity contribution in [3.8, 4) is 0 Å². The Hall–Kier alpha value is -2.60. The number of amides is 1. The average Bonchev–Trinajstić information content (AvgIpc) is 3.60. The molecule has 3 heterocycles. The molecular weight excluding hydrogens is 466 g/mol. The minimum atomic E-state index is -3.32. The molecular formula is C22H23N3O6S2. The standard InChI is InChI=1S/C22H23N3O6S2/c26-18-8-7-17-21(24-18)32-22(23-17)25-20(27)19(31-14-9-11-30-12-10-14)13-1-3-15(4-2-13)33(28,29)16-5-6-16/h1-4,7-8,14,16,19H,5-6,9-12H2,(H,24,26)(H,23,25,27). The lowest BCUT2D eigenvalue weighted by Gasteiger charge is -2.27. The predicted octanol–water partition coefficient (Wildman–Crippen LogP) is 2.80. The summed E-state index contributed by atoms with van der Waals surface area (Å²) in [5.74, 6) is -0.416. The van der Waals surface area contributed by atoms with E-state index in [9.17, 15) is 18.0 Å². The van der Waals surface area contributed by atoms with Gasteiger partial charge in [-0.1, -0.05) is 23.5 Å². The van der Waals surface area contributed by atoms with Crippen molar-refractivity contribution in [3.63, 3.8) is 0 Å². The van der Waals surface area contributed by atoms with Crippen LogP contribution in [0.1, 0.15) is 37.4 Å². The fourth-order valence-electron chi connectivity index (χ4n) is 3.77. The van der Waals surface area contributed by atoms with Gasteiger partial charge in [-0.2, -0.15) is 0 Å². The van der Waals surface area contributed by atoms with Crippen LogP contribution >= 0.6 is 11.3 Å². The molecule has 1 unspecified atom stereocenters. The number of fused-ring (bicyclic) bond motifs is 1. The minimum Gasteiger partial charge on any atom is -0.381 e. The maximum absolute atomic E-state index is 13.2. The summed E-state index contributed by atoms with van der Waals surface area (Å²) in [4.78, 5) is 32.6. The number of rotatable bonds is 7. The van der Waals surface area contributed by atoms with E-state index in [1.165, 1.54) is 6.07 Å². The van der Waals surface area contributed by atoms with Gasteiger partial charge in [0.2, 0.25) is 5.56 Å². The summed E-state index contributed by atoms with van der Waals surface area (Å²) in [7, 11) is -3.32. The number of aromatic amines is 1. The summed E-state index contributed by atoms with van der Waals surface area (Å²) in [6.45, 7) is 1.12. The van der Waals surface area contributed by atoms with E-state index in [2.05, 4.69) is 15.3 Å². The molecule has 1 aliphatic heterocycles. The largest absolute Gasteiger partial charge is 0.381 e. The van der Waals surface area contributed by atoms with Gasteiger partial charge in [0.15, 0.2) is 21.1 Å². The lowest BCUT2D eigenvalue weighted by atomic mass is 10.1. The summed E-state index contributed by atoms with van der Waals surface area (Å²) >= 11 is 1.16. The van der Waals surface area contributed by atoms with E-state index in [0.29, 0.717) is 59.9 Å². The number of carbonyl (C=O) groups is 1. The number of nitrogens with zero attached hydrogens (tertiary/aromatic N) is 1. The van der Waals surface area contributed by atoms with Gasteiger partial charge in [-0.3, -0.25) is 14.9 Å². The van der Waals surface area contributed by atoms with Gasteiger partial charge >= 0.3 is 0 Å². The Labute approximate surface area is 194 Å². The third-order valence-corrected chi connectivity index (χ3v) is 8.90. The zero-order chi connectivity index (χ0) is 23.0. The van der Waals surface area contributed by atoms with Crippen LogP contribution in [-0.4, -0.2) is 48.9 Å². The fraction of sp³-hybridized carbons (Fsp3) is 0.409. The van der Waals surface area contributed by atoms with E-state index >= 15 is 0 Å². The van der Waals surface area contributed by atoms with Crippen molar-refractivity contribution in [3.05, 3.63) is 52.3 Å². The van der Waals surface area contributed by atoms with Crippen LogP contribution in [0, 0.1) is 0 Å². The molecule has 2 N–H and O–H groups in total. The van der Waals surface area contributed by atoms with Crippen LogP contribution in [0.25, 0.3) is 10.3 Å². The smallest absolute Gasteiger partial charge is 0.259 e. The Bertz CT molecular complexity index is 1320. The van der Waals surface area contributed by atoms with Gasteiger partial charge in [-0.05, 0) is 49.4 Å². The molecule has 5 rings (SSSR count). The van der Waals surface area contributed by atoms with Gasteiger partial charge in [0.1, 0.15) is 10.3 Å². The Morgan fingerprint density at radius 2 is 1.85 bits per heavy atom. The monoisotopic (exact) mass is 489 g/mol. The second kappa shape index (κ2) is 8.98. The van der Waals surface area contributed by atoms with Crippen LogP contribution in [0.5, 0.6) is 0 Å². The maximum atomic E-state index is 13.2. The van der Waals surface area contributed by atoms with Crippen LogP contribution in [-0.2, 0) is 24.1 Å². The second-order valence-corrected chi connectivity index (χ2v) is 11.4. The summed E-state index contributed by atoms with van der Waals surface area (Å²) in [5.41, 5.74) is 0.890. The van der Waals surface area contributed by atoms with Crippen LogP contribution < -0.4 is 10.9 Å². The Kier molecular flexibility index (Phi) is 6.04. The lowest BCUT2D eigenvalue weighted by Crippen LogP contribution is -2.31. The Morgan fingerprint density at radius 1 is 1.12 bits per heavy atom. The molecule has 0 spiro atoms. The number of carbonyl (C=O) groups excluding carboxylic acids is 1. The molecule has 1 atom stereocenters. The van der Waals surface area contributed by atoms with Crippen molar-refractivity contribution < 1.29 is 22.7 Å². The molecule has 2 aromatic heterocycles. The molecule has 0 radical (unpaired) electrons. The van der Waals surface area contributed by atoms with Crippen LogP contribution in [0.4, 0.5) is 5.13 Å². The molecule has 1 saturated heterocycles. The summed E-state index contributed by atoms with van der Waals surface area (Å²) in [6.07, 6.45) is 1.61. The molecule has 1 aromatic carbocycles. The normalized spacial score (nSPS) is 18.3. The number of nitrogens with one attached hydrogen (secondary N) is 2. The zero-order valence-electron chi connectivity index (χ0n) is 17.7. The number of sulfone groups is 1. The number of hydrogen-bond donors (Lipinski definition) is 2. The second-order valence-electron chi connectivity index (χ2n) is 8.19. The third kappa shape index (κ3) is 4.86. The molecule has 1 aliphatic carbocycles. The van der Waals surface area contributed by atoms with E-state index in [-0.39, 0.29) is 21.8 Å². The third-order valence-electron chi connectivity index (χ3n) is 5.72. The number of hydrogen-bond acceptors (Lipinski definition) is 8. The topological polar surface area (TPSA) is 127 Å². The summed E-state index contributed by atoms with van der Waals surface area (Å²) in [5, 5.41) is 2.82. The Morgan fingerprint density at radius 3 is 2.55 bits per heavy atom. The number of ether oxygens (including phenoxy) is 2. The van der Waals surface area contributed by atoms with Crippen LogP contribution in [0.3, 0.4) is 0 Å². The molecule has 3 aromatic rings. The quantitative estimate of drug-likeness (QED) is 0.522. The van der Waals surface area contributed by atoms with Gasteiger partial charge in [-0.25, -0.2) is 13.4 Å². The van der Waals surface area contributed by atoms with Gasteiger partial charge in [0.05, 0.1) is 16.2 Å². The summed E-state index contributed by atoms with van der Waals surface area (Å²) < 4.78 is 36.6. The van der Waals surface area contributed by atoms with E-state index in [0.717, 1.165) is 11.3 Å². The highest BCUT2D eigenvalue weighted by atomic mass is 32.2. The Balaban J connectivity index is 1.40. The van der Waals surface area contributed by atoms with E-state index in [1.54, 1.807) is 30.3 Å². The number of pyridine rings is 1. The highest BCUT2D eigenvalue weighted by Gasteiger charge is 2.37. The number of benzene rings is 1. The summed E-state index contributed by atoms with van der Waals surface area (Å²) in [6, 6.07) is 9.32. The molecule has 1 saturated carbocycles. The number of H-pyrrole nitrogens is 1. The average molecular weight is 490 g/mol. The highest BCUT2D eigenvalue weighted by molar-refractivity contribution is 7.92. The van der Waals surface area contributed by atoms with E-state index in [1.807, 2.05) is 0 Å². The zero-order valence-corrected chi connectivity index (χ0v) is 19.3. The van der Waals surface area contributed by atoms with Gasteiger partial charge < -0.3 is 14.5 Å². The maximum Gasteiger partial charge on any atom is 0.259 e. The number of anilines is 1. The van der Waals surface area contributed by atoms with E-state index < -0.39 is 21.8 Å². The van der Waals surface area contributed by atoms with Crippen LogP contribution in [0.15, 0.2) is 46.1 Å². The molecule has 0 bridgehead atoms. The molecule has 33 heavy (non-hydrogen) atoms. The molecule has 174 valence electrons. The van der Waals surface area contributed by atoms with Crippen molar-refractivity contribution in [2.75, 3.05) is 18.5 Å². The van der Waals surface area contributed by atoms with Crippen molar-refractivity contribution in [2.24, 2.45) is 0 Å². The first-order valence-electron chi connectivity index (χ1n) is 10.8. The molecule has 9 nitrogen and oxygen atoms in total. The van der Waals surface area contributed by atoms with E-state index in [4.69, 9.17) is 9.47 Å². The van der Waals surface area contributed by atoms with Crippen molar-refractivity contribution in [2.45, 2.75) is 48.0 Å². The van der Waals surface area contributed by atoms with Crippen molar-refractivity contribution in [1.82, 2.24) is 9.97 Å². The fourth-order valence-corrected chi connectivity index (χ4v) is 6.28. The number of aromatic nitrogens is 2. The van der Waals surface area contributed by atoms with Crippen molar-refractivity contribution in [1.29, 1.82) is 0 Å². The molecule has 2 fully saturated rings. The lowest BCUT2D eigenvalue weighted by molar-refractivity contribution is -0.136. The van der Waals surface area contributed by atoms with Gasteiger partial charge in [0, 0.05) is 19.3 Å². The highest BCUT2D eigenvalue weighted by Crippen LogP contribution is 2.34. The first-order chi connectivity index (χ1) is 15.9. The molecule has 2 aliphatic rings. The first kappa shape index (κ1) is 22.2. The first-order valence-corrected chi connectivity index (χ1v) is 13.1. The number of thiazole rings is 1. The van der Waals surface area contributed by atoms with Crippen molar-refractivity contribution >= 4 is 42.6 Å². The minimum absolute atomic E-state index is 0.156. The molecule has 1 amide bonds. The van der Waals surface area contributed by atoms with Crippen LogP contribution in [0.2, 0.25) is 0 Å². The SMILES string of the molecule is O=C(Nc1nc2ccc(=O)[nH]c2s1)C(OC1CCOCC1)c1ccc(S(=O)(=O)C2CC2)cc1.